The molecule has 2 aromatic carbocycles. The Kier molecular flexibility index (Phi) is 6.59. The molecular formula is C21H24N2O4. The highest BCUT2D eigenvalue weighted by atomic mass is 16.5. The van der Waals surface area contributed by atoms with Gasteiger partial charge in [-0.05, 0) is 29.3 Å². The topological polar surface area (TPSA) is 72.6 Å². The van der Waals surface area contributed by atoms with Crippen molar-refractivity contribution in [1.82, 2.24) is 4.98 Å². The fourth-order valence-corrected chi connectivity index (χ4v) is 2.91. The molecule has 142 valence electrons. The number of benzene rings is 2. The molecule has 0 radical (unpaired) electrons. The number of aromatic amines is 1. The van der Waals surface area contributed by atoms with Gasteiger partial charge in [0.15, 0.2) is 0 Å². The Morgan fingerprint density at radius 2 is 1.85 bits per heavy atom. The molecule has 2 N–H and O–H groups in total. The van der Waals surface area contributed by atoms with E-state index in [0.29, 0.717) is 25.5 Å². The van der Waals surface area contributed by atoms with Crippen LogP contribution in [0.1, 0.15) is 5.56 Å². The van der Waals surface area contributed by atoms with E-state index in [0.717, 1.165) is 27.7 Å². The number of aromatic nitrogens is 1. The van der Waals surface area contributed by atoms with Gasteiger partial charge in [0.25, 0.3) is 0 Å². The summed E-state index contributed by atoms with van der Waals surface area (Å²) in [5.41, 5.74) is 4.64. The van der Waals surface area contributed by atoms with Gasteiger partial charge < -0.3 is 24.5 Å². The summed E-state index contributed by atoms with van der Waals surface area (Å²) < 4.78 is 15.6. The Balaban J connectivity index is 1.94. The monoisotopic (exact) mass is 368 g/mol. The van der Waals surface area contributed by atoms with Gasteiger partial charge in [0.05, 0.1) is 31.0 Å². The number of carbonyl (C=O) groups is 1. The number of methoxy groups -OCH3 is 2. The minimum absolute atomic E-state index is 0.00229. The smallest absolute Gasteiger partial charge is 0.250 e. The predicted molar refractivity (Wildman–Crippen MR) is 106 cm³/mol. The van der Waals surface area contributed by atoms with E-state index in [1.165, 1.54) is 7.11 Å². The zero-order chi connectivity index (χ0) is 19.1. The summed E-state index contributed by atoms with van der Waals surface area (Å²) >= 11 is 0. The zero-order valence-electron chi connectivity index (χ0n) is 15.6. The van der Waals surface area contributed by atoms with Gasteiger partial charge in [0.1, 0.15) is 6.61 Å². The molecule has 1 heterocycles. The van der Waals surface area contributed by atoms with Crippen LogP contribution in [0.5, 0.6) is 0 Å². The molecule has 0 aliphatic carbocycles. The molecule has 6 nitrogen and oxygen atoms in total. The molecule has 1 aromatic heterocycles. The summed E-state index contributed by atoms with van der Waals surface area (Å²) in [6.07, 6.45) is 0. The van der Waals surface area contributed by atoms with Crippen LogP contribution in [0.4, 0.5) is 5.69 Å². The highest BCUT2D eigenvalue weighted by Gasteiger charge is 2.12. The van der Waals surface area contributed by atoms with Gasteiger partial charge in [-0.2, -0.15) is 0 Å². The van der Waals surface area contributed by atoms with Crippen molar-refractivity contribution in [3.63, 3.8) is 0 Å². The minimum Gasteiger partial charge on any atom is -0.382 e. The van der Waals surface area contributed by atoms with E-state index in [9.17, 15) is 4.79 Å². The third-order valence-electron chi connectivity index (χ3n) is 4.12. The van der Waals surface area contributed by atoms with Crippen LogP contribution >= 0.6 is 0 Å². The van der Waals surface area contributed by atoms with Gasteiger partial charge in [-0.3, -0.25) is 4.79 Å². The number of amides is 1. The maximum absolute atomic E-state index is 12.0. The normalized spacial score (nSPS) is 11.0. The Labute approximate surface area is 158 Å². The summed E-state index contributed by atoms with van der Waals surface area (Å²) in [6, 6.07) is 16.1. The number of H-pyrrole nitrogens is 1. The molecule has 0 spiro atoms. The van der Waals surface area contributed by atoms with E-state index < -0.39 is 0 Å². The quantitative estimate of drug-likeness (QED) is 0.566. The first-order valence-corrected chi connectivity index (χ1v) is 8.78. The molecule has 1 amide bonds. The highest BCUT2D eigenvalue weighted by Crippen LogP contribution is 2.30. The zero-order valence-corrected chi connectivity index (χ0v) is 15.6. The molecule has 0 aliphatic heterocycles. The van der Waals surface area contributed by atoms with Gasteiger partial charge in [-0.1, -0.05) is 30.3 Å². The third-order valence-corrected chi connectivity index (χ3v) is 4.12. The van der Waals surface area contributed by atoms with Crippen molar-refractivity contribution in [2.45, 2.75) is 6.61 Å². The highest BCUT2D eigenvalue weighted by molar-refractivity contribution is 6.02. The van der Waals surface area contributed by atoms with E-state index in [1.54, 1.807) is 7.11 Å². The largest absolute Gasteiger partial charge is 0.382 e. The molecular weight excluding hydrogens is 344 g/mol. The van der Waals surface area contributed by atoms with Crippen LogP contribution in [-0.4, -0.2) is 44.9 Å². The maximum Gasteiger partial charge on any atom is 0.250 e. The molecule has 0 saturated heterocycles. The molecule has 0 atom stereocenters. The Morgan fingerprint density at radius 3 is 2.59 bits per heavy atom. The Bertz CT molecular complexity index is 890. The first-order chi connectivity index (χ1) is 13.2. The van der Waals surface area contributed by atoms with Crippen molar-refractivity contribution in [1.29, 1.82) is 0 Å². The number of hydrogen-bond donors (Lipinski definition) is 2. The first kappa shape index (κ1) is 19.1. The number of fused-ring (bicyclic) bond motifs is 1. The average molecular weight is 368 g/mol. The molecule has 3 aromatic rings. The molecule has 6 heteroatoms. The van der Waals surface area contributed by atoms with E-state index >= 15 is 0 Å². The second kappa shape index (κ2) is 9.32. The van der Waals surface area contributed by atoms with Crippen molar-refractivity contribution in [2.75, 3.05) is 39.4 Å². The second-order valence-electron chi connectivity index (χ2n) is 6.18. The Hall–Kier alpha value is -2.67. The number of anilines is 1. The lowest BCUT2D eigenvalue weighted by molar-refractivity contribution is -0.119. The van der Waals surface area contributed by atoms with E-state index in [4.69, 9.17) is 14.2 Å². The fourth-order valence-electron chi connectivity index (χ4n) is 2.91. The number of rotatable bonds is 9. The average Bonchev–Trinajstić information content (AvgIpc) is 3.11. The standard InChI is InChI=1S/C21H24N2O4/c1-25-8-9-27-13-15-10-17-12-18(16-6-4-3-5-7-16)23-21(17)19(11-15)22-20(24)14-26-2/h3-7,10-12,23H,8-9,13-14H2,1-2H3,(H,22,24). The van der Waals surface area contributed by atoms with Gasteiger partial charge in [-0.15, -0.1) is 0 Å². The lowest BCUT2D eigenvalue weighted by atomic mass is 10.1. The SMILES string of the molecule is COCCOCc1cc(NC(=O)COC)c2[nH]c(-c3ccccc3)cc2c1. The van der Waals surface area contributed by atoms with Crippen molar-refractivity contribution in [3.05, 3.63) is 54.1 Å². The third kappa shape index (κ3) is 4.95. The molecule has 0 fully saturated rings. The number of nitrogens with one attached hydrogen (secondary N) is 2. The van der Waals surface area contributed by atoms with E-state index in [1.807, 2.05) is 36.4 Å². The van der Waals surface area contributed by atoms with Crippen LogP contribution in [-0.2, 0) is 25.6 Å². The predicted octanol–water partition coefficient (Wildman–Crippen LogP) is 3.58. The number of ether oxygens (including phenoxy) is 3. The van der Waals surface area contributed by atoms with Crippen molar-refractivity contribution >= 4 is 22.5 Å². The molecule has 27 heavy (non-hydrogen) atoms. The van der Waals surface area contributed by atoms with E-state index in [-0.39, 0.29) is 12.5 Å². The van der Waals surface area contributed by atoms with Gasteiger partial charge in [0.2, 0.25) is 5.91 Å². The van der Waals surface area contributed by atoms with Gasteiger partial charge in [-0.25, -0.2) is 0 Å². The minimum atomic E-state index is -0.202. The van der Waals surface area contributed by atoms with E-state index in [2.05, 4.69) is 22.4 Å². The van der Waals surface area contributed by atoms with Crippen molar-refractivity contribution in [2.24, 2.45) is 0 Å². The second-order valence-corrected chi connectivity index (χ2v) is 6.18. The molecule has 0 saturated carbocycles. The van der Waals surface area contributed by atoms with Gasteiger partial charge in [0, 0.05) is 25.3 Å². The molecule has 0 bridgehead atoms. The summed E-state index contributed by atoms with van der Waals surface area (Å²) in [6.45, 7) is 1.50. The number of hydrogen-bond acceptors (Lipinski definition) is 4. The van der Waals surface area contributed by atoms with Crippen LogP contribution in [0.3, 0.4) is 0 Å². The first-order valence-electron chi connectivity index (χ1n) is 8.78. The molecule has 0 aliphatic rings. The fraction of sp³-hybridized carbons (Fsp3) is 0.286. The van der Waals surface area contributed by atoms with Crippen LogP contribution < -0.4 is 5.32 Å². The number of carbonyl (C=O) groups excluding carboxylic acids is 1. The van der Waals surface area contributed by atoms with Crippen LogP contribution in [0.25, 0.3) is 22.2 Å². The van der Waals surface area contributed by atoms with Crippen molar-refractivity contribution < 1.29 is 19.0 Å². The van der Waals surface area contributed by atoms with Crippen molar-refractivity contribution in [3.8, 4) is 11.3 Å². The molecule has 0 unspecified atom stereocenters. The van der Waals surface area contributed by atoms with Crippen LogP contribution in [0.15, 0.2) is 48.5 Å². The van der Waals surface area contributed by atoms with Crippen LogP contribution in [0, 0.1) is 0 Å². The Morgan fingerprint density at radius 1 is 1.04 bits per heavy atom. The lowest BCUT2D eigenvalue weighted by Gasteiger charge is -2.10. The summed E-state index contributed by atoms with van der Waals surface area (Å²) in [5, 5.41) is 3.93. The summed E-state index contributed by atoms with van der Waals surface area (Å²) in [4.78, 5) is 15.5. The summed E-state index contributed by atoms with van der Waals surface area (Å²) in [7, 11) is 3.14. The summed E-state index contributed by atoms with van der Waals surface area (Å²) in [5.74, 6) is -0.202. The maximum atomic E-state index is 12.0. The van der Waals surface area contributed by atoms with Gasteiger partial charge >= 0.3 is 0 Å². The lowest BCUT2D eigenvalue weighted by Crippen LogP contribution is -2.17. The molecule has 3 rings (SSSR count). The van der Waals surface area contributed by atoms with Crippen LogP contribution in [0.2, 0.25) is 0 Å².